The lowest BCUT2D eigenvalue weighted by Gasteiger charge is -2.33. The molecule has 36 heavy (non-hydrogen) atoms. The van der Waals surface area contributed by atoms with Crippen LogP contribution in [0.2, 0.25) is 0 Å². The highest BCUT2D eigenvalue weighted by atomic mass is 32.1. The maximum absolute atomic E-state index is 14.5. The lowest BCUT2D eigenvalue weighted by Crippen LogP contribution is -2.44. The number of rotatable bonds is 5. The van der Waals surface area contributed by atoms with Crippen molar-refractivity contribution in [3.63, 3.8) is 0 Å². The molecule has 6 rings (SSSR count). The molecule has 3 aromatic carbocycles. The Kier molecular flexibility index (Phi) is 6.12. The van der Waals surface area contributed by atoms with Crippen molar-refractivity contribution in [1.29, 1.82) is 0 Å². The van der Waals surface area contributed by atoms with Crippen LogP contribution in [0, 0.1) is 11.6 Å². The van der Waals surface area contributed by atoms with Crippen molar-refractivity contribution in [3.8, 4) is 11.5 Å². The number of halogens is 2. The molecular weight excluding hydrogens is 484 g/mol. The van der Waals surface area contributed by atoms with Crippen LogP contribution in [0.4, 0.5) is 13.9 Å². The molecule has 0 aliphatic carbocycles. The van der Waals surface area contributed by atoms with Gasteiger partial charge in [0.25, 0.3) is 0 Å². The van der Waals surface area contributed by atoms with Crippen LogP contribution >= 0.6 is 11.3 Å². The van der Waals surface area contributed by atoms with Crippen LogP contribution in [-0.4, -0.2) is 55.2 Å². The lowest BCUT2D eigenvalue weighted by atomic mass is 9.87. The fourth-order valence-corrected chi connectivity index (χ4v) is 5.80. The first-order valence-corrected chi connectivity index (χ1v) is 12.6. The quantitative estimate of drug-likeness (QED) is 0.373. The number of amides is 1. The van der Waals surface area contributed by atoms with Gasteiger partial charge in [-0.3, -0.25) is 14.6 Å². The molecule has 184 valence electrons. The summed E-state index contributed by atoms with van der Waals surface area (Å²) in [5.41, 5.74) is 1.58. The number of carbonyl (C=O) groups is 1. The molecule has 2 aliphatic heterocycles. The third kappa shape index (κ3) is 4.23. The summed E-state index contributed by atoms with van der Waals surface area (Å²) >= 11 is 1.11. The maximum atomic E-state index is 14.5. The van der Waals surface area contributed by atoms with Crippen LogP contribution in [0.3, 0.4) is 0 Å². The van der Waals surface area contributed by atoms with Gasteiger partial charge in [0.05, 0.1) is 23.8 Å². The van der Waals surface area contributed by atoms with Gasteiger partial charge in [0, 0.05) is 43.4 Å². The number of benzene rings is 3. The number of ether oxygens (including phenoxy) is 2. The van der Waals surface area contributed by atoms with E-state index in [-0.39, 0.29) is 11.4 Å². The van der Waals surface area contributed by atoms with E-state index in [1.165, 1.54) is 6.07 Å². The van der Waals surface area contributed by atoms with E-state index in [1.807, 2.05) is 48.5 Å². The Balaban J connectivity index is 1.42. The van der Waals surface area contributed by atoms with E-state index >= 15 is 0 Å². The van der Waals surface area contributed by atoms with Crippen LogP contribution < -0.4 is 9.64 Å². The molecule has 0 saturated carbocycles. The Morgan fingerprint density at radius 2 is 1.69 bits per heavy atom. The zero-order valence-electron chi connectivity index (χ0n) is 19.3. The highest BCUT2D eigenvalue weighted by Crippen LogP contribution is 2.45. The minimum Gasteiger partial charge on any atom is -0.457 e. The SMILES string of the molecule is O=C(C1c2ccccc2Oc2ccccc21)N(CCN1CCOCC1)c1nc2c(F)cc(F)cc2s1. The number of para-hydroxylation sites is 2. The van der Waals surface area contributed by atoms with Crippen molar-refractivity contribution < 1.29 is 23.0 Å². The molecular formula is C27H23F2N3O3S. The predicted octanol–water partition coefficient (Wildman–Crippen LogP) is 5.18. The molecule has 0 radical (unpaired) electrons. The van der Waals surface area contributed by atoms with E-state index in [0.717, 1.165) is 41.6 Å². The predicted molar refractivity (Wildman–Crippen MR) is 134 cm³/mol. The Hall–Kier alpha value is -3.40. The molecule has 2 aliphatic rings. The van der Waals surface area contributed by atoms with E-state index < -0.39 is 17.6 Å². The van der Waals surface area contributed by atoms with Crippen LogP contribution in [0.1, 0.15) is 17.0 Å². The van der Waals surface area contributed by atoms with Crippen molar-refractivity contribution in [2.75, 3.05) is 44.3 Å². The molecule has 0 N–H and O–H groups in total. The number of aromatic nitrogens is 1. The second kappa shape index (κ2) is 9.57. The fraction of sp³-hybridized carbons (Fsp3) is 0.259. The largest absolute Gasteiger partial charge is 0.457 e. The molecule has 6 nitrogen and oxygen atoms in total. The number of morpholine rings is 1. The topological polar surface area (TPSA) is 54.9 Å². The van der Waals surface area contributed by atoms with E-state index in [0.29, 0.717) is 47.6 Å². The highest BCUT2D eigenvalue weighted by Gasteiger charge is 2.37. The molecule has 1 fully saturated rings. The summed E-state index contributed by atoms with van der Waals surface area (Å²) in [4.78, 5) is 22.6. The number of carbonyl (C=O) groups excluding carboxylic acids is 1. The first-order valence-electron chi connectivity index (χ1n) is 11.8. The summed E-state index contributed by atoms with van der Waals surface area (Å²) in [5.74, 6) is -0.973. The fourth-order valence-electron chi connectivity index (χ4n) is 4.76. The summed E-state index contributed by atoms with van der Waals surface area (Å²) < 4.78 is 40.3. The van der Waals surface area contributed by atoms with Crippen LogP contribution in [-0.2, 0) is 9.53 Å². The van der Waals surface area contributed by atoms with E-state index in [4.69, 9.17) is 9.47 Å². The number of hydrogen-bond donors (Lipinski definition) is 0. The summed E-state index contributed by atoms with van der Waals surface area (Å²) in [6.45, 7) is 3.77. The van der Waals surface area contributed by atoms with Gasteiger partial charge in [-0.25, -0.2) is 13.8 Å². The van der Waals surface area contributed by atoms with Crippen molar-refractivity contribution in [1.82, 2.24) is 9.88 Å². The van der Waals surface area contributed by atoms with Gasteiger partial charge >= 0.3 is 0 Å². The summed E-state index contributed by atoms with van der Waals surface area (Å²) in [6, 6.07) is 17.0. The minimum atomic E-state index is -0.741. The Morgan fingerprint density at radius 3 is 2.39 bits per heavy atom. The van der Waals surface area contributed by atoms with Crippen molar-refractivity contribution in [2.24, 2.45) is 0 Å². The molecule has 1 amide bonds. The standard InChI is InChI=1S/C27H23F2N3O3S/c28-17-15-20(29)25-23(16-17)36-27(30-25)32(10-9-31-11-13-34-14-12-31)26(33)24-18-5-1-3-7-21(18)35-22-8-4-2-6-19(22)24/h1-8,15-16,24H,9-14H2. The summed E-state index contributed by atoms with van der Waals surface area (Å²) in [7, 11) is 0. The second-order valence-electron chi connectivity index (χ2n) is 8.79. The molecule has 0 atom stereocenters. The van der Waals surface area contributed by atoms with E-state index in [9.17, 15) is 13.6 Å². The molecule has 0 unspecified atom stereocenters. The molecule has 0 spiro atoms. The minimum absolute atomic E-state index is 0.0633. The van der Waals surface area contributed by atoms with E-state index in [1.54, 1.807) is 4.90 Å². The van der Waals surface area contributed by atoms with Crippen LogP contribution in [0.25, 0.3) is 10.2 Å². The van der Waals surface area contributed by atoms with Gasteiger partial charge in [-0.15, -0.1) is 0 Å². The van der Waals surface area contributed by atoms with Gasteiger partial charge in [0.1, 0.15) is 22.8 Å². The lowest BCUT2D eigenvalue weighted by molar-refractivity contribution is -0.119. The zero-order chi connectivity index (χ0) is 24.6. The summed E-state index contributed by atoms with van der Waals surface area (Å²) in [6.07, 6.45) is 0. The molecule has 0 bridgehead atoms. The number of anilines is 1. The second-order valence-corrected chi connectivity index (χ2v) is 9.79. The first-order chi connectivity index (χ1) is 17.6. The molecule has 1 saturated heterocycles. The Morgan fingerprint density at radius 1 is 1.03 bits per heavy atom. The molecule has 9 heteroatoms. The van der Waals surface area contributed by atoms with E-state index in [2.05, 4.69) is 9.88 Å². The molecule has 4 aromatic rings. The monoisotopic (exact) mass is 507 g/mol. The van der Waals surface area contributed by atoms with Gasteiger partial charge in [0.15, 0.2) is 10.9 Å². The third-order valence-corrected chi connectivity index (χ3v) is 7.59. The maximum Gasteiger partial charge on any atom is 0.241 e. The van der Waals surface area contributed by atoms with Crippen molar-refractivity contribution >= 4 is 32.6 Å². The average molecular weight is 508 g/mol. The van der Waals surface area contributed by atoms with Gasteiger partial charge in [-0.2, -0.15) is 0 Å². The zero-order valence-corrected chi connectivity index (χ0v) is 20.1. The highest BCUT2D eigenvalue weighted by molar-refractivity contribution is 7.22. The number of hydrogen-bond acceptors (Lipinski definition) is 6. The van der Waals surface area contributed by atoms with Gasteiger partial charge in [0.2, 0.25) is 5.91 Å². The Labute approximate surface area is 210 Å². The Bertz CT molecular complexity index is 1390. The smallest absolute Gasteiger partial charge is 0.241 e. The van der Waals surface area contributed by atoms with Crippen molar-refractivity contribution in [3.05, 3.63) is 83.4 Å². The average Bonchev–Trinajstić information content (AvgIpc) is 3.32. The third-order valence-electron chi connectivity index (χ3n) is 6.57. The summed E-state index contributed by atoms with van der Waals surface area (Å²) in [5, 5.41) is 0.342. The van der Waals surface area contributed by atoms with Crippen LogP contribution in [0.5, 0.6) is 11.5 Å². The molecule has 1 aromatic heterocycles. The van der Waals surface area contributed by atoms with Crippen LogP contribution in [0.15, 0.2) is 60.7 Å². The van der Waals surface area contributed by atoms with Gasteiger partial charge in [-0.05, 0) is 18.2 Å². The van der Waals surface area contributed by atoms with Crippen molar-refractivity contribution in [2.45, 2.75) is 5.92 Å². The number of thiazole rings is 1. The number of nitrogens with zero attached hydrogens (tertiary/aromatic N) is 3. The molecule has 3 heterocycles. The van der Waals surface area contributed by atoms with Gasteiger partial charge < -0.3 is 9.47 Å². The number of fused-ring (bicyclic) bond motifs is 3. The first kappa shape index (κ1) is 23.0. The normalized spacial score (nSPS) is 15.8. The van der Waals surface area contributed by atoms with Gasteiger partial charge in [-0.1, -0.05) is 47.7 Å².